The minimum Gasteiger partial charge on any atom is -0.496 e. The van der Waals surface area contributed by atoms with E-state index in [1.165, 1.54) is 7.11 Å². The Hall–Kier alpha value is -5.59. The van der Waals surface area contributed by atoms with Crippen molar-refractivity contribution in [1.29, 1.82) is 0 Å². The van der Waals surface area contributed by atoms with E-state index < -0.39 is 12.1 Å². The van der Waals surface area contributed by atoms with Crippen LogP contribution in [0.1, 0.15) is 34.3 Å². The van der Waals surface area contributed by atoms with E-state index in [2.05, 4.69) is 20.8 Å². The van der Waals surface area contributed by atoms with Crippen LogP contribution in [-0.2, 0) is 22.6 Å². The molecule has 1 fully saturated rings. The SMILES string of the molecule is COc1cc2ccc1CNC(=O)CCc1ccc(OC)c(c1)OCC(=O)N[C@@H]1CN(C(=O)c3cccc(-n4cnnc4)c3)CC[C@@H]1O2. The smallest absolute Gasteiger partial charge is 0.258 e. The van der Waals surface area contributed by atoms with Crippen LogP contribution < -0.4 is 29.6 Å². The van der Waals surface area contributed by atoms with Crippen molar-refractivity contribution >= 4 is 17.7 Å². The highest BCUT2D eigenvalue weighted by Gasteiger charge is 2.35. The van der Waals surface area contributed by atoms with Crippen LogP contribution >= 0.6 is 0 Å². The number of likely N-dealkylation sites (tertiary alicyclic amines) is 1. The lowest BCUT2D eigenvalue weighted by Crippen LogP contribution is -2.58. The molecule has 244 valence electrons. The molecule has 0 aliphatic carbocycles. The molecule has 13 nitrogen and oxygen atoms in total. The van der Waals surface area contributed by atoms with Gasteiger partial charge in [0.2, 0.25) is 5.91 Å². The molecule has 4 heterocycles. The standard InChI is InChI=1S/C34H36N6O7/c1-44-29-10-6-22-7-11-32(41)35-17-24-8-9-26(16-30(24)45-2)47-28-12-13-39(18-27(28)38-33(42)19-46-31(29)14-22)34(43)23-4-3-5-25(15-23)40-20-36-37-21-40/h3-6,8-10,14-16,20-21,27-28H,7,11-13,17-19H2,1-2H3,(H,35,41)(H,38,42)/t27-,28+/m1/s1. The molecule has 1 aromatic heterocycles. The Kier molecular flexibility index (Phi) is 9.51. The minimum absolute atomic E-state index is 0.113. The lowest BCUT2D eigenvalue weighted by atomic mass is 10.00. The zero-order chi connectivity index (χ0) is 32.8. The average Bonchev–Trinajstić information content (AvgIpc) is 3.65. The van der Waals surface area contributed by atoms with Gasteiger partial charge in [0.15, 0.2) is 18.1 Å². The highest BCUT2D eigenvalue weighted by atomic mass is 16.5. The van der Waals surface area contributed by atoms with Crippen LogP contribution in [0.4, 0.5) is 0 Å². The van der Waals surface area contributed by atoms with Crippen LogP contribution in [0.15, 0.2) is 73.3 Å². The van der Waals surface area contributed by atoms with E-state index in [4.69, 9.17) is 18.9 Å². The molecular weight excluding hydrogens is 604 g/mol. The minimum atomic E-state index is -0.551. The van der Waals surface area contributed by atoms with E-state index in [0.717, 1.165) is 16.8 Å². The van der Waals surface area contributed by atoms with Gasteiger partial charge in [0, 0.05) is 55.4 Å². The number of hydrogen-bond acceptors (Lipinski definition) is 9. The molecule has 0 spiro atoms. The second kappa shape index (κ2) is 14.2. The summed E-state index contributed by atoms with van der Waals surface area (Å²) in [7, 11) is 3.08. The molecule has 2 N–H and O–H groups in total. The van der Waals surface area contributed by atoms with Crippen molar-refractivity contribution in [2.75, 3.05) is 33.9 Å². The van der Waals surface area contributed by atoms with E-state index in [-0.39, 0.29) is 43.8 Å². The summed E-state index contributed by atoms with van der Waals surface area (Å²) in [6.07, 6.45) is 3.87. The topological polar surface area (TPSA) is 146 Å². The molecule has 1 saturated heterocycles. The summed E-state index contributed by atoms with van der Waals surface area (Å²) in [5.74, 6) is 1.29. The third-order valence-corrected chi connectivity index (χ3v) is 8.24. The second-order valence-corrected chi connectivity index (χ2v) is 11.3. The number of nitrogens with one attached hydrogen (secondary N) is 2. The first-order valence-corrected chi connectivity index (χ1v) is 15.3. The highest BCUT2D eigenvalue weighted by Crippen LogP contribution is 2.30. The number of aromatic nitrogens is 3. The van der Waals surface area contributed by atoms with Gasteiger partial charge in [-0.25, -0.2) is 0 Å². The van der Waals surface area contributed by atoms with Crippen LogP contribution in [0, 0.1) is 0 Å². The summed E-state index contributed by atoms with van der Waals surface area (Å²) >= 11 is 0. The molecule has 4 bridgehead atoms. The summed E-state index contributed by atoms with van der Waals surface area (Å²) in [5.41, 5.74) is 2.92. The van der Waals surface area contributed by atoms with Crippen LogP contribution in [-0.4, -0.2) is 83.4 Å². The molecule has 7 rings (SSSR count). The number of carbonyl (C=O) groups is 3. The Bertz CT molecular complexity index is 1740. The summed E-state index contributed by atoms with van der Waals surface area (Å²) in [6, 6.07) is 17.5. The predicted molar refractivity (Wildman–Crippen MR) is 170 cm³/mol. The molecule has 2 atom stereocenters. The van der Waals surface area contributed by atoms with E-state index >= 15 is 0 Å². The molecule has 0 saturated carbocycles. The number of benzene rings is 3. The van der Waals surface area contributed by atoms with Crippen LogP contribution in [0.25, 0.3) is 5.69 Å². The van der Waals surface area contributed by atoms with Gasteiger partial charge in [-0.3, -0.25) is 19.0 Å². The number of carbonyl (C=O) groups excluding carboxylic acids is 3. The fourth-order valence-electron chi connectivity index (χ4n) is 5.75. The van der Waals surface area contributed by atoms with E-state index in [1.807, 2.05) is 30.3 Å². The molecule has 0 radical (unpaired) electrons. The highest BCUT2D eigenvalue weighted by molar-refractivity contribution is 5.95. The Balaban J connectivity index is 1.26. The fourth-order valence-corrected chi connectivity index (χ4v) is 5.75. The molecule has 0 unspecified atom stereocenters. The van der Waals surface area contributed by atoms with Crippen LogP contribution in [0.3, 0.4) is 0 Å². The average molecular weight is 641 g/mol. The largest absolute Gasteiger partial charge is 0.496 e. The number of aryl methyl sites for hydroxylation is 1. The number of methoxy groups -OCH3 is 2. The first-order chi connectivity index (χ1) is 22.9. The second-order valence-electron chi connectivity index (χ2n) is 11.3. The van der Waals surface area contributed by atoms with Crippen LogP contribution in [0.5, 0.6) is 23.0 Å². The van der Waals surface area contributed by atoms with E-state index in [1.54, 1.807) is 59.6 Å². The number of ether oxygens (including phenoxy) is 4. The van der Waals surface area contributed by atoms with Gasteiger partial charge in [-0.2, -0.15) is 0 Å². The molecule has 13 heteroatoms. The number of nitrogens with zero attached hydrogens (tertiary/aromatic N) is 4. The molecule has 3 aromatic carbocycles. The van der Waals surface area contributed by atoms with E-state index in [0.29, 0.717) is 47.9 Å². The Morgan fingerprint density at radius 2 is 1.77 bits per heavy atom. The summed E-state index contributed by atoms with van der Waals surface area (Å²) in [5, 5.41) is 13.7. The Morgan fingerprint density at radius 3 is 2.57 bits per heavy atom. The molecule has 3 aliphatic heterocycles. The van der Waals surface area contributed by atoms with Crippen molar-refractivity contribution in [2.24, 2.45) is 0 Å². The van der Waals surface area contributed by atoms with E-state index in [9.17, 15) is 14.4 Å². The predicted octanol–water partition coefficient (Wildman–Crippen LogP) is 2.70. The maximum absolute atomic E-state index is 13.7. The lowest BCUT2D eigenvalue weighted by Gasteiger charge is -2.39. The normalized spacial score (nSPS) is 18.6. The first-order valence-electron chi connectivity index (χ1n) is 15.3. The fraction of sp³-hybridized carbons (Fsp3) is 0.324. The quantitative estimate of drug-likeness (QED) is 0.344. The van der Waals surface area contributed by atoms with Gasteiger partial charge in [0.1, 0.15) is 30.3 Å². The van der Waals surface area contributed by atoms with Gasteiger partial charge in [0.25, 0.3) is 11.8 Å². The number of piperidine rings is 1. The maximum Gasteiger partial charge on any atom is 0.258 e. The van der Waals surface area contributed by atoms with Gasteiger partial charge >= 0.3 is 0 Å². The van der Waals surface area contributed by atoms with Crippen LogP contribution in [0.2, 0.25) is 0 Å². The molecule has 3 amide bonds. The third-order valence-electron chi connectivity index (χ3n) is 8.24. The van der Waals surface area contributed by atoms with Crippen molar-refractivity contribution in [2.45, 2.75) is 38.0 Å². The van der Waals surface area contributed by atoms with Crippen molar-refractivity contribution in [1.82, 2.24) is 30.3 Å². The summed E-state index contributed by atoms with van der Waals surface area (Å²) < 4.78 is 25.1. The van der Waals surface area contributed by atoms with Gasteiger partial charge in [-0.05, 0) is 54.4 Å². The Morgan fingerprint density at radius 1 is 0.936 bits per heavy atom. The molecular formula is C34H36N6O7. The van der Waals surface area contributed by atoms with Gasteiger partial charge in [-0.1, -0.05) is 12.1 Å². The molecule has 47 heavy (non-hydrogen) atoms. The van der Waals surface area contributed by atoms with Gasteiger partial charge in [0.05, 0.1) is 20.3 Å². The monoisotopic (exact) mass is 640 g/mol. The third kappa shape index (κ3) is 7.46. The lowest BCUT2D eigenvalue weighted by molar-refractivity contribution is -0.125. The van der Waals surface area contributed by atoms with Crippen molar-refractivity contribution in [3.63, 3.8) is 0 Å². The summed E-state index contributed by atoms with van der Waals surface area (Å²) in [4.78, 5) is 41.4. The van der Waals surface area contributed by atoms with Crippen molar-refractivity contribution in [3.05, 3.63) is 90.0 Å². The molecule has 3 aliphatic rings. The molecule has 4 aromatic rings. The maximum atomic E-state index is 13.7. The zero-order valence-corrected chi connectivity index (χ0v) is 26.2. The number of amides is 3. The van der Waals surface area contributed by atoms with Gasteiger partial charge in [-0.15, -0.1) is 10.2 Å². The number of fused-ring (bicyclic) bond motifs is 9. The number of hydrogen-bond donors (Lipinski definition) is 2. The summed E-state index contributed by atoms with van der Waals surface area (Å²) in [6.45, 7) is 0.624. The first kappa shape index (κ1) is 31.4. The van der Waals surface area contributed by atoms with Crippen molar-refractivity contribution in [3.8, 4) is 28.7 Å². The van der Waals surface area contributed by atoms with Gasteiger partial charge < -0.3 is 34.5 Å². The number of rotatable bonds is 4. The van der Waals surface area contributed by atoms with Crippen molar-refractivity contribution < 1.29 is 33.3 Å². The Labute approximate surface area is 271 Å². The zero-order valence-electron chi connectivity index (χ0n) is 26.2.